The van der Waals surface area contributed by atoms with Gasteiger partial charge in [-0.3, -0.25) is 15.2 Å². The number of benzene rings is 1. The SMILES string of the molecule is C/C=N\NC=NCCNc1c(F)c(N)c2c(=O)c(C(=O)O)cn(C3CC3)c2c1F. The van der Waals surface area contributed by atoms with Gasteiger partial charge >= 0.3 is 5.97 Å². The molecule has 1 heterocycles. The smallest absolute Gasteiger partial charge is 0.341 e. The number of aromatic carboxylic acids is 1. The fourth-order valence-corrected chi connectivity index (χ4v) is 2.97. The lowest BCUT2D eigenvalue weighted by molar-refractivity contribution is 0.0695. The minimum atomic E-state index is -1.48. The highest BCUT2D eigenvalue weighted by Crippen LogP contribution is 2.40. The van der Waals surface area contributed by atoms with Crippen LogP contribution in [0.25, 0.3) is 10.9 Å². The first kappa shape index (κ1) is 20.2. The number of halogens is 2. The van der Waals surface area contributed by atoms with E-state index in [-0.39, 0.29) is 24.6 Å². The Morgan fingerprint density at radius 2 is 2.14 bits per heavy atom. The Hall–Kier alpha value is -3.50. The van der Waals surface area contributed by atoms with Crippen molar-refractivity contribution < 1.29 is 18.7 Å². The number of nitrogens with two attached hydrogens (primary N) is 1. The fraction of sp³-hybridized carbons (Fsp3) is 0.333. The Morgan fingerprint density at radius 1 is 1.41 bits per heavy atom. The molecule has 29 heavy (non-hydrogen) atoms. The lowest BCUT2D eigenvalue weighted by Crippen LogP contribution is -2.22. The molecule has 1 aromatic carbocycles. The number of nitrogens with zero attached hydrogens (tertiary/aromatic N) is 3. The Kier molecular flexibility index (Phi) is 5.76. The van der Waals surface area contributed by atoms with Gasteiger partial charge in [0.15, 0.2) is 11.6 Å². The zero-order chi connectivity index (χ0) is 21.1. The van der Waals surface area contributed by atoms with Gasteiger partial charge in [0.1, 0.15) is 17.6 Å². The molecule has 0 aliphatic heterocycles. The van der Waals surface area contributed by atoms with Crippen LogP contribution in [0.5, 0.6) is 0 Å². The summed E-state index contributed by atoms with van der Waals surface area (Å²) in [6, 6.07) is -0.168. The molecular formula is C18H20F2N6O3. The van der Waals surface area contributed by atoms with Gasteiger partial charge in [-0.2, -0.15) is 5.10 Å². The van der Waals surface area contributed by atoms with Gasteiger partial charge in [0.25, 0.3) is 0 Å². The zero-order valence-electron chi connectivity index (χ0n) is 15.6. The number of hydrazone groups is 1. The van der Waals surface area contributed by atoms with Gasteiger partial charge in [0.05, 0.1) is 23.1 Å². The molecule has 2 aromatic rings. The van der Waals surface area contributed by atoms with Gasteiger partial charge in [0.2, 0.25) is 5.43 Å². The van der Waals surface area contributed by atoms with E-state index in [1.54, 1.807) is 6.92 Å². The number of hydrogen-bond acceptors (Lipinski definition) is 6. The molecule has 0 amide bonds. The van der Waals surface area contributed by atoms with E-state index in [9.17, 15) is 19.1 Å². The van der Waals surface area contributed by atoms with E-state index >= 15 is 4.39 Å². The fourth-order valence-electron chi connectivity index (χ4n) is 2.97. The molecule has 0 unspecified atom stereocenters. The average molecular weight is 406 g/mol. The van der Waals surface area contributed by atoms with E-state index in [4.69, 9.17) is 5.73 Å². The van der Waals surface area contributed by atoms with Crippen molar-refractivity contribution in [2.45, 2.75) is 25.8 Å². The first-order valence-corrected chi connectivity index (χ1v) is 8.92. The number of rotatable bonds is 8. The van der Waals surface area contributed by atoms with Crippen LogP contribution in [-0.2, 0) is 0 Å². The number of pyridine rings is 1. The summed E-state index contributed by atoms with van der Waals surface area (Å²) in [4.78, 5) is 27.9. The van der Waals surface area contributed by atoms with Crippen molar-refractivity contribution in [2.24, 2.45) is 10.1 Å². The molecule has 1 aliphatic rings. The normalized spacial score (nSPS) is 14.2. The highest BCUT2D eigenvalue weighted by atomic mass is 19.1. The van der Waals surface area contributed by atoms with Crippen molar-refractivity contribution in [3.63, 3.8) is 0 Å². The van der Waals surface area contributed by atoms with Gasteiger partial charge in [0, 0.05) is 25.0 Å². The van der Waals surface area contributed by atoms with Crippen LogP contribution in [-0.4, -0.2) is 41.3 Å². The molecule has 1 saturated carbocycles. The molecule has 11 heteroatoms. The van der Waals surface area contributed by atoms with Crippen molar-refractivity contribution in [1.82, 2.24) is 9.99 Å². The maximum atomic E-state index is 15.2. The summed E-state index contributed by atoms with van der Waals surface area (Å²) >= 11 is 0. The molecular weight excluding hydrogens is 386 g/mol. The van der Waals surface area contributed by atoms with Crippen LogP contribution < -0.4 is 21.9 Å². The molecule has 0 saturated heterocycles. The van der Waals surface area contributed by atoms with Crippen LogP contribution in [0.15, 0.2) is 21.1 Å². The minimum absolute atomic E-state index is 0.0909. The number of anilines is 2. The van der Waals surface area contributed by atoms with Gasteiger partial charge in [-0.25, -0.2) is 13.6 Å². The number of nitrogens with one attached hydrogen (secondary N) is 2. The van der Waals surface area contributed by atoms with E-state index < -0.39 is 45.4 Å². The Bertz CT molecular complexity index is 1080. The Morgan fingerprint density at radius 3 is 2.76 bits per heavy atom. The van der Waals surface area contributed by atoms with E-state index in [1.165, 1.54) is 17.1 Å². The Labute approximate surface area is 163 Å². The summed E-state index contributed by atoms with van der Waals surface area (Å²) in [5, 5.41) is 15.1. The molecule has 0 radical (unpaired) electrons. The van der Waals surface area contributed by atoms with E-state index in [0.717, 1.165) is 6.20 Å². The number of carboxylic acids is 1. The highest BCUT2D eigenvalue weighted by molar-refractivity contribution is 5.99. The maximum absolute atomic E-state index is 15.2. The maximum Gasteiger partial charge on any atom is 0.341 e. The quantitative estimate of drug-likeness (QED) is 0.174. The monoisotopic (exact) mass is 406 g/mol. The molecule has 0 atom stereocenters. The summed E-state index contributed by atoms with van der Waals surface area (Å²) < 4.78 is 31.3. The summed E-state index contributed by atoms with van der Waals surface area (Å²) in [6.07, 6.45) is 5.35. The number of carbonyl (C=O) groups is 1. The molecule has 9 nitrogen and oxygen atoms in total. The first-order valence-electron chi connectivity index (χ1n) is 8.92. The summed E-state index contributed by atoms with van der Waals surface area (Å²) in [7, 11) is 0. The summed E-state index contributed by atoms with van der Waals surface area (Å²) in [5.41, 5.74) is 5.45. The van der Waals surface area contributed by atoms with Crippen LogP contribution in [0.4, 0.5) is 20.2 Å². The first-order chi connectivity index (χ1) is 13.9. The number of nitrogen functional groups attached to an aromatic ring is 1. The second kappa shape index (κ2) is 8.25. The number of carboxylic acid groups (broad SMARTS) is 1. The second-order valence-corrected chi connectivity index (χ2v) is 6.43. The average Bonchev–Trinajstić information content (AvgIpc) is 3.52. The number of fused-ring (bicyclic) bond motifs is 1. The van der Waals surface area contributed by atoms with Gasteiger partial charge < -0.3 is 20.7 Å². The summed E-state index contributed by atoms with van der Waals surface area (Å²) in [5.74, 6) is -3.62. The van der Waals surface area contributed by atoms with Crippen molar-refractivity contribution in [1.29, 1.82) is 0 Å². The van der Waals surface area contributed by atoms with Crippen molar-refractivity contribution in [2.75, 3.05) is 24.1 Å². The van der Waals surface area contributed by atoms with E-state index in [1.807, 2.05) is 0 Å². The van der Waals surface area contributed by atoms with Crippen molar-refractivity contribution >= 4 is 40.8 Å². The molecule has 1 aliphatic carbocycles. The highest BCUT2D eigenvalue weighted by Gasteiger charge is 2.31. The minimum Gasteiger partial charge on any atom is -0.477 e. The Balaban J connectivity index is 2.04. The lowest BCUT2D eigenvalue weighted by atomic mass is 10.1. The van der Waals surface area contributed by atoms with Crippen molar-refractivity contribution in [3.05, 3.63) is 33.6 Å². The zero-order valence-corrected chi connectivity index (χ0v) is 15.6. The largest absolute Gasteiger partial charge is 0.477 e. The van der Waals surface area contributed by atoms with E-state index in [2.05, 4.69) is 20.8 Å². The van der Waals surface area contributed by atoms with Gasteiger partial charge in [-0.05, 0) is 19.8 Å². The third kappa shape index (κ3) is 3.89. The molecule has 3 rings (SSSR count). The van der Waals surface area contributed by atoms with Crippen molar-refractivity contribution in [3.8, 4) is 0 Å². The molecule has 0 spiro atoms. The van der Waals surface area contributed by atoms with Gasteiger partial charge in [-0.15, -0.1) is 0 Å². The summed E-state index contributed by atoms with van der Waals surface area (Å²) in [6.45, 7) is 2.00. The third-order valence-corrected chi connectivity index (χ3v) is 4.45. The number of aromatic nitrogens is 1. The molecule has 154 valence electrons. The number of aliphatic imine (C=N–C) groups is 1. The topological polar surface area (TPSA) is 134 Å². The molecule has 1 aromatic heterocycles. The number of hydrogen-bond donors (Lipinski definition) is 4. The van der Waals surface area contributed by atoms with Crippen LogP contribution >= 0.6 is 0 Å². The van der Waals surface area contributed by atoms with Gasteiger partial charge in [-0.1, -0.05) is 0 Å². The predicted molar refractivity (Wildman–Crippen MR) is 107 cm³/mol. The second-order valence-electron chi connectivity index (χ2n) is 6.43. The molecule has 1 fully saturated rings. The van der Waals surface area contributed by atoms with Crippen LogP contribution in [0.3, 0.4) is 0 Å². The lowest BCUT2D eigenvalue weighted by Gasteiger charge is -2.17. The van der Waals surface area contributed by atoms with Crippen LogP contribution in [0.1, 0.15) is 36.2 Å². The standard InChI is InChI=1S/C18H20F2N6O3/c1-2-24-25-8-22-5-6-23-15-12(19)14(21)11-16(13(15)20)26(9-3-4-9)7-10(17(11)27)18(28)29/h2,7-9,23H,3-6,21H2,1H3,(H,22,25)(H,28,29)/b24-2-. The molecule has 0 bridgehead atoms. The molecule has 5 N–H and O–H groups in total. The van der Waals surface area contributed by atoms with E-state index in [0.29, 0.717) is 12.8 Å². The van der Waals surface area contributed by atoms with Crippen LogP contribution in [0, 0.1) is 11.6 Å². The van der Waals surface area contributed by atoms with Crippen LogP contribution in [0.2, 0.25) is 0 Å². The predicted octanol–water partition coefficient (Wildman–Crippen LogP) is 1.93. The third-order valence-electron chi connectivity index (χ3n) is 4.45.